The third kappa shape index (κ3) is 4.02. The second-order valence-corrected chi connectivity index (χ2v) is 9.39. The highest BCUT2D eigenvalue weighted by atomic mass is 32.3. The molecule has 130 valence electrons. The molecule has 0 radical (unpaired) electrons. The molecule has 0 amide bonds. The van der Waals surface area contributed by atoms with Gasteiger partial charge in [-0.1, -0.05) is 40.1 Å². The van der Waals surface area contributed by atoms with Crippen LogP contribution in [-0.4, -0.2) is 52.6 Å². The molecule has 8 heteroatoms. The standard InChI is InChI=1S/C16H20N2O4S2/c1-17(2)13-14-18(23(19,20)15-9-5-3-6-10-15)24(21,22)16-11-7-4-8-12-16/h3-12H,13-14H2,1-2H3. The molecule has 6 nitrogen and oxygen atoms in total. The Morgan fingerprint density at radius 3 is 1.38 bits per heavy atom. The van der Waals surface area contributed by atoms with Crippen molar-refractivity contribution in [3.8, 4) is 0 Å². The van der Waals surface area contributed by atoms with Gasteiger partial charge in [0.05, 0.1) is 9.79 Å². The number of benzene rings is 2. The van der Waals surface area contributed by atoms with Crippen LogP contribution in [0.5, 0.6) is 0 Å². The van der Waals surface area contributed by atoms with E-state index in [9.17, 15) is 16.8 Å². The average Bonchev–Trinajstić information content (AvgIpc) is 2.56. The Kier molecular flexibility index (Phi) is 5.76. The molecular formula is C16H20N2O4S2. The minimum atomic E-state index is -4.18. The molecular weight excluding hydrogens is 348 g/mol. The van der Waals surface area contributed by atoms with Crippen LogP contribution in [0, 0.1) is 0 Å². The Labute approximate surface area is 143 Å². The molecule has 0 spiro atoms. The van der Waals surface area contributed by atoms with Gasteiger partial charge >= 0.3 is 0 Å². The second-order valence-electron chi connectivity index (χ2n) is 5.44. The van der Waals surface area contributed by atoms with Crippen molar-refractivity contribution in [3.63, 3.8) is 0 Å². The molecule has 2 rings (SSSR count). The third-order valence-corrected chi connectivity index (χ3v) is 7.70. The molecule has 0 heterocycles. The summed E-state index contributed by atoms with van der Waals surface area (Å²) in [5.74, 6) is 0. The van der Waals surface area contributed by atoms with E-state index in [1.165, 1.54) is 24.3 Å². The van der Waals surface area contributed by atoms with Crippen molar-refractivity contribution in [2.45, 2.75) is 9.79 Å². The lowest BCUT2D eigenvalue weighted by molar-refractivity contribution is 0.380. The number of nitrogens with zero attached hydrogens (tertiary/aromatic N) is 2. The maximum atomic E-state index is 12.9. The zero-order chi connectivity index (χ0) is 17.8. The quantitative estimate of drug-likeness (QED) is 0.742. The van der Waals surface area contributed by atoms with E-state index in [4.69, 9.17) is 0 Å². The number of likely N-dealkylation sites (N-methyl/N-ethyl adjacent to an activating group) is 1. The van der Waals surface area contributed by atoms with E-state index in [1.54, 1.807) is 55.4 Å². The van der Waals surface area contributed by atoms with E-state index in [0.29, 0.717) is 3.71 Å². The van der Waals surface area contributed by atoms with Gasteiger partial charge in [-0.05, 0) is 38.4 Å². The third-order valence-electron chi connectivity index (χ3n) is 3.35. The number of hydrogen-bond acceptors (Lipinski definition) is 5. The Balaban J connectivity index is 2.53. The topological polar surface area (TPSA) is 74.8 Å². The smallest absolute Gasteiger partial charge is 0.256 e. The molecule has 0 aromatic heterocycles. The van der Waals surface area contributed by atoms with Crippen LogP contribution in [0.25, 0.3) is 0 Å². The fourth-order valence-electron chi connectivity index (χ4n) is 2.07. The van der Waals surface area contributed by atoms with Gasteiger partial charge in [-0.3, -0.25) is 0 Å². The number of hydrogen-bond donors (Lipinski definition) is 0. The van der Waals surface area contributed by atoms with E-state index in [0.717, 1.165) is 0 Å². The first-order chi connectivity index (χ1) is 11.3. The molecule has 0 bridgehead atoms. The highest BCUT2D eigenvalue weighted by Crippen LogP contribution is 2.23. The summed E-state index contributed by atoms with van der Waals surface area (Å²) in [4.78, 5) is 1.63. The van der Waals surface area contributed by atoms with E-state index in [-0.39, 0.29) is 22.9 Å². The Hall–Kier alpha value is -1.74. The molecule has 2 aromatic carbocycles. The summed E-state index contributed by atoms with van der Waals surface area (Å²) in [6.45, 7) is 0.111. The predicted octanol–water partition coefficient (Wildman–Crippen LogP) is 1.63. The van der Waals surface area contributed by atoms with Crippen LogP contribution in [0.4, 0.5) is 0 Å². The highest BCUT2D eigenvalue weighted by Gasteiger charge is 2.36. The Morgan fingerprint density at radius 1 is 0.667 bits per heavy atom. The van der Waals surface area contributed by atoms with Crippen molar-refractivity contribution in [3.05, 3.63) is 60.7 Å². The van der Waals surface area contributed by atoms with Crippen molar-refractivity contribution in [2.24, 2.45) is 0 Å². The molecule has 2 aromatic rings. The molecule has 0 saturated carbocycles. The molecule has 0 saturated heterocycles. The molecule has 0 unspecified atom stereocenters. The lowest BCUT2D eigenvalue weighted by Crippen LogP contribution is -2.41. The summed E-state index contributed by atoms with van der Waals surface area (Å²) in [6, 6.07) is 15.1. The minimum absolute atomic E-state index is 0.0525. The van der Waals surface area contributed by atoms with E-state index < -0.39 is 20.0 Å². The summed E-state index contributed by atoms with van der Waals surface area (Å²) in [6.07, 6.45) is 0. The van der Waals surface area contributed by atoms with Gasteiger partial charge in [0.25, 0.3) is 20.0 Å². The van der Waals surface area contributed by atoms with Crippen LogP contribution < -0.4 is 0 Å². The van der Waals surface area contributed by atoms with Crippen molar-refractivity contribution < 1.29 is 16.8 Å². The van der Waals surface area contributed by atoms with Crippen LogP contribution >= 0.6 is 0 Å². The van der Waals surface area contributed by atoms with Crippen LogP contribution in [0.15, 0.2) is 70.5 Å². The van der Waals surface area contributed by atoms with Gasteiger partial charge in [0.15, 0.2) is 0 Å². The monoisotopic (exact) mass is 368 g/mol. The van der Waals surface area contributed by atoms with Crippen molar-refractivity contribution in [2.75, 3.05) is 27.2 Å². The predicted molar refractivity (Wildman–Crippen MR) is 92.5 cm³/mol. The van der Waals surface area contributed by atoms with Gasteiger partial charge in [-0.25, -0.2) is 16.8 Å². The fraction of sp³-hybridized carbons (Fsp3) is 0.250. The largest absolute Gasteiger partial charge is 0.308 e. The van der Waals surface area contributed by atoms with Crippen molar-refractivity contribution in [1.82, 2.24) is 8.61 Å². The molecule has 0 fully saturated rings. The maximum Gasteiger partial charge on any atom is 0.256 e. The number of sulfonamides is 2. The average molecular weight is 368 g/mol. The first kappa shape index (κ1) is 18.6. The molecule has 0 aliphatic heterocycles. The normalized spacial score (nSPS) is 12.7. The van der Waals surface area contributed by atoms with Crippen molar-refractivity contribution >= 4 is 20.0 Å². The molecule has 0 atom stereocenters. The second kappa shape index (κ2) is 7.43. The van der Waals surface area contributed by atoms with Gasteiger partial charge in [-0.2, -0.15) is 0 Å². The number of rotatable bonds is 7. The minimum Gasteiger partial charge on any atom is -0.308 e. The Morgan fingerprint density at radius 2 is 1.04 bits per heavy atom. The van der Waals surface area contributed by atoms with Crippen molar-refractivity contribution in [1.29, 1.82) is 0 Å². The molecule has 0 aliphatic rings. The molecule has 0 aliphatic carbocycles. The molecule has 24 heavy (non-hydrogen) atoms. The van der Waals surface area contributed by atoms with Gasteiger partial charge in [0.1, 0.15) is 0 Å². The van der Waals surface area contributed by atoms with Crippen LogP contribution in [0.2, 0.25) is 0 Å². The van der Waals surface area contributed by atoms with E-state index in [1.807, 2.05) is 0 Å². The zero-order valence-electron chi connectivity index (χ0n) is 13.5. The summed E-state index contributed by atoms with van der Waals surface area (Å²) >= 11 is 0. The zero-order valence-corrected chi connectivity index (χ0v) is 15.2. The first-order valence-electron chi connectivity index (χ1n) is 7.29. The van der Waals surface area contributed by atoms with Gasteiger partial charge < -0.3 is 4.90 Å². The molecule has 0 N–H and O–H groups in total. The van der Waals surface area contributed by atoms with Gasteiger partial charge in [-0.15, -0.1) is 0 Å². The van der Waals surface area contributed by atoms with Gasteiger partial charge in [0.2, 0.25) is 0 Å². The summed E-state index contributed by atoms with van der Waals surface area (Å²) in [7, 11) is -4.86. The van der Waals surface area contributed by atoms with E-state index >= 15 is 0 Å². The SMILES string of the molecule is CN(C)CCN(S(=O)(=O)c1ccccc1)S(=O)(=O)c1ccccc1. The Bertz CT molecular complexity index is 795. The first-order valence-corrected chi connectivity index (χ1v) is 10.2. The highest BCUT2D eigenvalue weighted by molar-refractivity contribution is 8.04. The van der Waals surface area contributed by atoms with Crippen LogP contribution in [-0.2, 0) is 20.0 Å². The van der Waals surface area contributed by atoms with Gasteiger partial charge in [0, 0.05) is 13.1 Å². The summed E-state index contributed by atoms with van der Waals surface area (Å²) < 4.78 is 52.1. The van der Waals surface area contributed by atoms with Crippen LogP contribution in [0.3, 0.4) is 0 Å². The summed E-state index contributed by atoms with van der Waals surface area (Å²) in [5.41, 5.74) is 0. The van der Waals surface area contributed by atoms with E-state index in [2.05, 4.69) is 0 Å². The fourth-order valence-corrected chi connectivity index (χ4v) is 5.74. The lowest BCUT2D eigenvalue weighted by Gasteiger charge is -2.23. The lowest BCUT2D eigenvalue weighted by atomic mass is 10.4. The van der Waals surface area contributed by atoms with Crippen LogP contribution in [0.1, 0.15) is 0 Å². The summed E-state index contributed by atoms with van der Waals surface area (Å²) in [5, 5.41) is 0. The maximum absolute atomic E-state index is 12.9.